The van der Waals surface area contributed by atoms with Crippen molar-refractivity contribution in [3.8, 4) is 23.0 Å². The van der Waals surface area contributed by atoms with Crippen LogP contribution < -0.4 is 20.9 Å². The molecule has 0 bridgehead atoms. The van der Waals surface area contributed by atoms with Crippen molar-refractivity contribution in [3.05, 3.63) is 69.8 Å². The van der Waals surface area contributed by atoms with E-state index in [4.69, 9.17) is 11.5 Å². The first kappa shape index (κ1) is 36.1. The van der Waals surface area contributed by atoms with E-state index in [-0.39, 0.29) is 30.3 Å². The molecule has 4 N–H and O–H groups in total. The quantitative estimate of drug-likeness (QED) is 0.210. The van der Waals surface area contributed by atoms with Crippen LogP contribution in [-0.2, 0) is 37.1 Å². The average Bonchev–Trinajstić information content (AvgIpc) is 2.79. The number of alkyl halides is 18. The number of hydrogen-bond donors (Lipinski definition) is 2. The fourth-order valence-electron chi connectivity index (χ4n) is 3.94. The Balaban J connectivity index is 2.39. The number of nitrogen functional groups attached to an aromatic ring is 2. The number of benzene rings is 3. The Kier molecular flexibility index (Phi) is 8.74. The molecule has 3 rings (SSSR count). The van der Waals surface area contributed by atoms with Crippen LogP contribution >= 0.6 is 0 Å². The Morgan fingerprint density at radius 2 is 0.717 bits per heavy atom. The lowest BCUT2D eigenvalue weighted by Gasteiger charge is -2.24. The number of rotatable bonds is 4. The fourth-order valence-corrected chi connectivity index (χ4v) is 3.94. The number of ether oxygens (including phenoxy) is 2. The van der Waals surface area contributed by atoms with Crippen LogP contribution in [0, 0.1) is 0 Å². The van der Waals surface area contributed by atoms with Crippen molar-refractivity contribution in [1.29, 1.82) is 0 Å². The Labute approximate surface area is 242 Å². The third kappa shape index (κ3) is 7.35. The van der Waals surface area contributed by atoms with Crippen LogP contribution in [0.1, 0.15) is 33.4 Å². The standard InChI is InChI=1S/C24H10F18N2O2/c25-19(26,27)8-1-3-11(15(17(8)43)23(37,38)39)45-7-5-10(21(31,32)33)14(22(34,35)36)13(6-7)46-12-4-2-9(20(28,29)30)18(44)16(12)24(40,41)42/h1-6H,43-44H2. The summed E-state index contributed by atoms with van der Waals surface area (Å²) in [5.41, 5.74) is -9.52. The zero-order valence-electron chi connectivity index (χ0n) is 21.2. The van der Waals surface area contributed by atoms with Crippen LogP contribution in [0.3, 0.4) is 0 Å². The summed E-state index contributed by atoms with van der Waals surface area (Å²) >= 11 is 0. The molecule has 0 radical (unpaired) electrons. The van der Waals surface area contributed by atoms with E-state index in [0.29, 0.717) is 0 Å². The second-order valence-corrected chi connectivity index (χ2v) is 8.83. The smallest absolute Gasteiger partial charge is 0.421 e. The van der Waals surface area contributed by atoms with Gasteiger partial charge in [-0.2, -0.15) is 79.0 Å². The molecule has 22 heteroatoms. The van der Waals surface area contributed by atoms with E-state index in [0.717, 1.165) is 0 Å². The molecule has 3 aromatic rings. The van der Waals surface area contributed by atoms with Crippen molar-refractivity contribution in [2.24, 2.45) is 0 Å². The lowest BCUT2D eigenvalue weighted by molar-refractivity contribution is -0.163. The zero-order chi connectivity index (χ0) is 35.6. The van der Waals surface area contributed by atoms with Crippen LogP contribution in [0.2, 0.25) is 0 Å². The van der Waals surface area contributed by atoms with E-state index in [1.54, 1.807) is 0 Å². The molecule has 0 aliphatic carbocycles. The van der Waals surface area contributed by atoms with Crippen molar-refractivity contribution in [1.82, 2.24) is 0 Å². The molecule has 0 fully saturated rings. The van der Waals surface area contributed by atoms with Gasteiger partial charge in [0.25, 0.3) is 0 Å². The van der Waals surface area contributed by atoms with E-state index in [1.807, 2.05) is 0 Å². The second kappa shape index (κ2) is 11.1. The van der Waals surface area contributed by atoms with Gasteiger partial charge in [0.05, 0.1) is 28.1 Å². The molecule has 3 aromatic carbocycles. The average molecular weight is 700 g/mol. The molecule has 0 unspecified atom stereocenters. The van der Waals surface area contributed by atoms with Crippen LogP contribution in [0.15, 0.2) is 36.4 Å². The molecule has 0 spiro atoms. The molecular weight excluding hydrogens is 690 g/mol. The van der Waals surface area contributed by atoms with E-state index in [1.165, 1.54) is 0 Å². The molecule has 0 aromatic heterocycles. The molecule has 0 atom stereocenters. The largest absolute Gasteiger partial charge is 0.456 e. The van der Waals surface area contributed by atoms with E-state index < -0.39 is 111 Å². The highest BCUT2D eigenvalue weighted by atomic mass is 19.4. The normalized spacial score (nSPS) is 13.6. The van der Waals surface area contributed by atoms with E-state index in [9.17, 15) is 79.0 Å². The summed E-state index contributed by atoms with van der Waals surface area (Å²) in [5.74, 6) is -7.89. The highest BCUT2D eigenvalue weighted by Gasteiger charge is 2.49. The van der Waals surface area contributed by atoms with Crippen molar-refractivity contribution in [2.45, 2.75) is 37.1 Å². The Morgan fingerprint density at radius 1 is 0.370 bits per heavy atom. The maximum Gasteiger partial charge on any atom is 0.421 e. The van der Waals surface area contributed by atoms with Gasteiger partial charge in [-0.25, -0.2) is 0 Å². The van der Waals surface area contributed by atoms with Gasteiger partial charge in [0.2, 0.25) is 0 Å². The van der Waals surface area contributed by atoms with Crippen molar-refractivity contribution in [2.75, 3.05) is 11.5 Å². The summed E-state index contributed by atoms with van der Waals surface area (Å²) in [7, 11) is 0. The first-order valence-corrected chi connectivity index (χ1v) is 11.3. The van der Waals surface area contributed by atoms with Gasteiger partial charge in [-0.1, -0.05) is 0 Å². The number of nitrogens with two attached hydrogens (primary N) is 2. The molecule has 0 aliphatic heterocycles. The van der Waals surface area contributed by atoms with E-state index >= 15 is 0 Å². The van der Waals surface area contributed by atoms with Gasteiger partial charge in [-0.05, 0) is 30.3 Å². The summed E-state index contributed by atoms with van der Waals surface area (Å²) < 4.78 is 253. The molecule has 0 heterocycles. The highest BCUT2D eigenvalue weighted by molar-refractivity contribution is 5.65. The maximum atomic E-state index is 13.9. The molecule has 46 heavy (non-hydrogen) atoms. The SMILES string of the molecule is Nc1c(C(F)(F)F)ccc(Oc2cc(Oc3ccc(C(F)(F)F)c(N)c3C(F)(F)F)c(C(F)(F)F)c(C(F)(F)F)c2)c1C(F)(F)F. The van der Waals surface area contributed by atoms with Crippen LogP contribution in [0.5, 0.6) is 23.0 Å². The summed E-state index contributed by atoms with van der Waals surface area (Å²) in [5, 5.41) is 0. The van der Waals surface area contributed by atoms with Crippen LogP contribution in [0.25, 0.3) is 0 Å². The summed E-state index contributed by atoms with van der Waals surface area (Å²) in [6.07, 6.45) is -35.2. The molecule has 0 saturated heterocycles. The molecule has 0 amide bonds. The predicted molar refractivity (Wildman–Crippen MR) is 118 cm³/mol. The molecule has 0 saturated carbocycles. The number of hydrogen-bond acceptors (Lipinski definition) is 4. The van der Waals surface area contributed by atoms with Gasteiger partial charge in [0.1, 0.15) is 39.7 Å². The van der Waals surface area contributed by atoms with Gasteiger partial charge >= 0.3 is 37.1 Å². The summed E-state index contributed by atoms with van der Waals surface area (Å²) in [6, 6.07) is -1.69. The third-order valence-corrected chi connectivity index (χ3v) is 5.70. The number of halogens is 18. The van der Waals surface area contributed by atoms with E-state index in [2.05, 4.69) is 9.47 Å². The third-order valence-electron chi connectivity index (χ3n) is 5.70. The first-order valence-electron chi connectivity index (χ1n) is 11.3. The van der Waals surface area contributed by atoms with Gasteiger partial charge < -0.3 is 20.9 Å². The Hall–Kier alpha value is -4.40. The maximum absolute atomic E-state index is 13.9. The minimum absolute atomic E-state index is 0.119. The minimum atomic E-state index is -6.19. The zero-order valence-corrected chi connectivity index (χ0v) is 21.2. The van der Waals surface area contributed by atoms with Crippen molar-refractivity contribution >= 4 is 11.4 Å². The van der Waals surface area contributed by atoms with Gasteiger partial charge in [0, 0.05) is 6.07 Å². The van der Waals surface area contributed by atoms with Crippen LogP contribution in [0.4, 0.5) is 90.4 Å². The fraction of sp³-hybridized carbons (Fsp3) is 0.250. The molecule has 254 valence electrons. The molecule has 4 nitrogen and oxygen atoms in total. The Bertz CT molecular complexity index is 1630. The topological polar surface area (TPSA) is 70.5 Å². The monoisotopic (exact) mass is 700 g/mol. The number of anilines is 2. The minimum Gasteiger partial charge on any atom is -0.456 e. The molecule has 0 aliphatic rings. The highest BCUT2D eigenvalue weighted by Crippen LogP contribution is 2.53. The Morgan fingerprint density at radius 3 is 1.04 bits per heavy atom. The summed E-state index contributed by atoms with van der Waals surface area (Å²) in [4.78, 5) is 0. The van der Waals surface area contributed by atoms with Gasteiger partial charge in [-0.15, -0.1) is 0 Å². The lowest BCUT2D eigenvalue weighted by atomic mass is 10.0. The van der Waals surface area contributed by atoms with Gasteiger partial charge in [-0.3, -0.25) is 0 Å². The second-order valence-electron chi connectivity index (χ2n) is 8.83. The van der Waals surface area contributed by atoms with Crippen molar-refractivity contribution < 1.29 is 88.5 Å². The predicted octanol–water partition coefficient (Wildman–Crippen LogP) is 10.5. The van der Waals surface area contributed by atoms with Gasteiger partial charge in [0.15, 0.2) is 0 Å². The molecular formula is C24H10F18N2O2. The first-order chi connectivity index (χ1) is 20.5. The lowest BCUT2D eigenvalue weighted by Crippen LogP contribution is -2.19. The van der Waals surface area contributed by atoms with Crippen molar-refractivity contribution in [3.63, 3.8) is 0 Å². The summed E-state index contributed by atoms with van der Waals surface area (Å²) in [6.45, 7) is 0. The van der Waals surface area contributed by atoms with Crippen LogP contribution in [-0.4, -0.2) is 0 Å².